The molecule has 0 unspecified atom stereocenters. The Morgan fingerprint density at radius 1 is 1.21 bits per heavy atom. The van der Waals surface area contributed by atoms with Crippen molar-refractivity contribution < 1.29 is 13.3 Å². The van der Waals surface area contributed by atoms with E-state index in [2.05, 4.69) is 10.1 Å². The first kappa shape index (κ1) is 12.2. The first-order chi connectivity index (χ1) is 9.04. The predicted molar refractivity (Wildman–Crippen MR) is 64.1 cm³/mol. The summed E-state index contributed by atoms with van der Waals surface area (Å²) >= 11 is 0. The lowest BCUT2D eigenvalue weighted by atomic mass is 9.75. The molecule has 1 aliphatic carbocycles. The van der Waals surface area contributed by atoms with E-state index in [9.17, 15) is 8.78 Å². The molecular formula is C13H13F2N3O. The topological polar surface area (TPSA) is 64.9 Å². The minimum atomic E-state index is -0.671. The fourth-order valence-electron chi connectivity index (χ4n) is 2.24. The van der Waals surface area contributed by atoms with Gasteiger partial charge in [-0.2, -0.15) is 4.98 Å². The SMILES string of the molecule is NC1(Cc2nc(-c3cc(F)cc(F)c3)no2)CCC1. The van der Waals surface area contributed by atoms with Gasteiger partial charge in [0.1, 0.15) is 11.6 Å². The maximum absolute atomic E-state index is 13.1. The minimum Gasteiger partial charge on any atom is -0.339 e. The molecule has 0 amide bonds. The van der Waals surface area contributed by atoms with Gasteiger partial charge in [0, 0.05) is 23.6 Å². The fourth-order valence-corrected chi connectivity index (χ4v) is 2.24. The van der Waals surface area contributed by atoms with Crippen molar-refractivity contribution in [2.75, 3.05) is 0 Å². The van der Waals surface area contributed by atoms with Crippen LogP contribution in [-0.2, 0) is 6.42 Å². The quantitative estimate of drug-likeness (QED) is 0.925. The van der Waals surface area contributed by atoms with Crippen molar-refractivity contribution in [3.05, 3.63) is 35.7 Å². The van der Waals surface area contributed by atoms with Gasteiger partial charge in [-0.1, -0.05) is 5.16 Å². The normalized spacial score (nSPS) is 17.2. The van der Waals surface area contributed by atoms with Crippen LogP contribution in [0.1, 0.15) is 25.2 Å². The summed E-state index contributed by atoms with van der Waals surface area (Å²) in [6.07, 6.45) is 3.46. The van der Waals surface area contributed by atoms with Crippen molar-refractivity contribution in [2.24, 2.45) is 5.73 Å². The maximum atomic E-state index is 13.1. The maximum Gasteiger partial charge on any atom is 0.228 e. The zero-order valence-electron chi connectivity index (χ0n) is 10.2. The van der Waals surface area contributed by atoms with Gasteiger partial charge in [-0.15, -0.1) is 0 Å². The van der Waals surface area contributed by atoms with Crippen LogP contribution in [0.3, 0.4) is 0 Å². The molecule has 0 spiro atoms. The number of hydrogen-bond donors (Lipinski definition) is 1. The van der Waals surface area contributed by atoms with E-state index in [1.54, 1.807) is 0 Å². The lowest BCUT2D eigenvalue weighted by molar-refractivity contribution is 0.222. The summed E-state index contributed by atoms with van der Waals surface area (Å²) < 4.78 is 31.3. The summed E-state index contributed by atoms with van der Waals surface area (Å²) in [6.45, 7) is 0. The zero-order valence-corrected chi connectivity index (χ0v) is 10.2. The number of halogens is 2. The van der Waals surface area contributed by atoms with E-state index in [1.807, 2.05) is 0 Å². The van der Waals surface area contributed by atoms with Crippen molar-refractivity contribution in [1.82, 2.24) is 10.1 Å². The summed E-state index contributed by atoms with van der Waals surface area (Å²) in [5, 5.41) is 3.74. The highest BCUT2D eigenvalue weighted by atomic mass is 19.1. The molecular weight excluding hydrogens is 252 g/mol. The Balaban J connectivity index is 1.84. The van der Waals surface area contributed by atoms with Crippen LogP contribution in [0.25, 0.3) is 11.4 Å². The van der Waals surface area contributed by atoms with Crippen LogP contribution in [0.2, 0.25) is 0 Å². The van der Waals surface area contributed by atoms with Crippen molar-refractivity contribution in [3.8, 4) is 11.4 Å². The van der Waals surface area contributed by atoms with Crippen LogP contribution in [0, 0.1) is 11.6 Å². The molecule has 4 nitrogen and oxygen atoms in total. The molecule has 1 fully saturated rings. The standard InChI is InChI=1S/C13H13F2N3O/c14-9-4-8(5-10(15)6-9)12-17-11(19-18-12)7-13(16)2-1-3-13/h4-6H,1-3,7,16H2. The molecule has 0 atom stereocenters. The third-order valence-electron chi connectivity index (χ3n) is 3.44. The largest absolute Gasteiger partial charge is 0.339 e. The molecule has 1 aromatic heterocycles. The molecule has 1 aromatic carbocycles. The van der Waals surface area contributed by atoms with E-state index in [0.29, 0.717) is 12.3 Å². The molecule has 1 heterocycles. The molecule has 19 heavy (non-hydrogen) atoms. The molecule has 0 radical (unpaired) electrons. The van der Waals surface area contributed by atoms with E-state index in [0.717, 1.165) is 25.3 Å². The number of rotatable bonds is 3. The average Bonchev–Trinajstić information content (AvgIpc) is 2.74. The Morgan fingerprint density at radius 2 is 1.89 bits per heavy atom. The Kier molecular flexibility index (Phi) is 2.82. The Labute approximate surface area is 108 Å². The molecule has 2 N–H and O–H groups in total. The second-order valence-electron chi connectivity index (χ2n) is 5.06. The molecule has 1 saturated carbocycles. The highest BCUT2D eigenvalue weighted by Crippen LogP contribution is 2.32. The summed E-state index contributed by atoms with van der Waals surface area (Å²) in [7, 11) is 0. The van der Waals surface area contributed by atoms with Gasteiger partial charge in [-0.05, 0) is 31.4 Å². The van der Waals surface area contributed by atoms with Gasteiger partial charge < -0.3 is 10.3 Å². The number of hydrogen-bond acceptors (Lipinski definition) is 4. The molecule has 0 saturated heterocycles. The van der Waals surface area contributed by atoms with E-state index in [4.69, 9.17) is 10.3 Å². The third-order valence-corrected chi connectivity index (χ3v) is 3.44. The lowest BCUT2D eigenvalue weighted by Gasteiger charge is -2.36. The summed E-state index contributed by atoms with van der Waals surface area (Å²) in [4.78, 5) is 4.14. The van der Waals surface area contributed by atoms with E-state index in [1.165, 1.54) is 12.1 Å². The van der Waals surface area contributed by atoms with Crippen LogP contribution in [-0.4, -0.2) is 15.7 Å². The van der Waals surface area contributed by atoms with Gasteiger partial charge in [0.15, 0.2) is 0 Å². The molecule has 0 aliphatic heterocycles. The second-order valence-corrected chi connectivity index (χ2v) is 5.06. The molecule has 3 rings (SSSR count). The summed E-state index contributed by atoms with van der Waals surface area (Å²) in [6, 6.07) is 3.13. The van der Waals surface area contributed by atoms with Crippen molar-refractivity contribution in [2.45, 2.75) is 31.2 Å². The van der Waals surface area contributed by atoms with Crippen molar-refractivity contribution >= 4 is 0 Å². The van der Waals surface area contributed by atoms with Gasteiger partial charge >= 0.3 is 0 Å². The molecule has 100 valence electrons. The highest BCUT2D eigenvalue weighted by Gasteiger charge is 2.34. The minimum absolute atomic E-state index is 0.177. The van der Waals surface area contributed by atoms with Gasteiger partial charge in [-0.3, -0.25) is 0 Å². The van der Waals surface area contributed by atoms with Crippen LogP contribution < -0.4 is 5.73 Å². The van der Waals surface area contributed by atoms with Gasteiger partial charge in [0.05, 0.1) is 0 Å². The van der Waals surface area contributed by atoms with E-state index >= 15 is 0 Å². The van der Waals surface area contributed by atoms with Crippen LogP contribution in [0.4, 0.5) is 8.78 Å². The lowest BCUT2D eigenvalue weighted by Crippen LogP contribution is -2.48. The highest BCUT2D eigenvalue weighted by molar-refractivity contribution is 5.54. The molecule has 2 aromatic rings. The predicted octanol–water partition coefficient (Wildman–Crippen LogP) is 2.44. The van der Waals surface area contributed by atoms with E-state index in [-0.39, 0.29) is 16.9 Å². The van der Waals surface area contributed by atoms with Gasteiger partial charge in [0.25, 0.3) is 0 Å². The monoisotopic (exact) mass is 265 g/mol. The van der Waals surface area contributed by atoms with Crippen LogP contribution in [0.15, 0.2) is 22.7 Å². The average molecular weight is 265 g/mol. The smallest absolute Gasteiger partial charge is 0.228 e. The number of aromatic nitrogens is 2. The number of nitrogens with zero attached hydrogens (tertiary/aromatic N) is 2. The third kappa shape index (κ3) is 2.49. The first-order valence-electron chi connectivity index (χ1n) is 6.12. The Bertz CT molecular complexity index is 587. The summed E-state index contributed by atoms with van der Waals surface area (Å²) in [5.74, 6) is -0.760. The fraction of sp³-hybridized carbons (Fsp3) is 0.385. The van der Waals surface area contributed by atoms with Crippen LogP contribution in [0.5, 0.6) is 0 Å². The number of nitrogens with two attached hydrogens (primary N) is 1. The van der Waals surface area contributed by atoms with Gasteiger partial charge in [-0.25, -0.2) is 8.78 Å². The van der Waals surface area contributed by atoms with E-state index < -0.39 is 11.6 Å². The first-order valence-corrected chi connectivity index (χ1v) is 6.12. The second kappa shape index (κ2) is 4.38. The molecule has 0 bridgehead atoms. The van der Waals surface area contributed by atoms with Crippen molar-refractivity contribution in [3.63, 3.8) is 0 Å². The Hall–Kier alpha value is -1.82. The van der Waals surface area contributed by atoms with Crippen LogP contribution >= 0.6 is 0 Å². The molecule has 6 heteroatoms. The molecule has 1 aliphatic rings. The number of benzene rings is 1. The van der Waals surface area contributed by atoms with Crippen molar-refractivity contribution in [1.29, 1.82) is 0 Å². The summed E-state index contributed by atoms with van der Waals surface area (Å²) in [5.41, 5.74) is 6.07. The zero-order chi connectivity index (χ0) is 13.5. The van der Waals surface area contributed by atoms with Gasteiger partial charge in [0.2, 0.25) is 11.7 Å². The Morgan fingerprint density at radius 3 is 2.47 bits per heavy atom.